The van der Waals surface area contributed by atoms with Crippen LogP contribution in [-0.2, 0) is 13.1 Å². The SMILES string of the molecule is CN(C)c1ccc(-c2cnc(CNCc3ccccc3F)s2)cc1. The van der Waals surface area contributed by atoms with E-state index >= 15 is 0 Å². The van der Waals surface area contributed by atoms with Crippen LogP contribution >= 0.6 is 11.3 Å². The van der Waals surface area contributed by atoms with Gasteiger partial charge in [0.1, 0.15) is 10.8 Å². The van der Waals surface area contributed by atoms with Crippen molar-refractivity contribution in [2.45, 2.75) is 13.1 Å². The van der Waals surface area contributed by atoms with Crippen molar-refractivity contribution in [3.05, 3.63) is 71.1 Å². The topological polar surface area (TPSA) is 28.2 Å². The van der Waals surface area contributed by atoms with E-state index in [1.165, 1.54) is 17.3 Å². The lowest BCUT2D eigenvalue weighted by Crippen LogP contribution is -2.13. The molecule has 0 unspecified atom stereocenters. The van der Waals surface area contributed by atoms with Gasteiger partial charge in [-0.3, -0.25) is 0 Å². The van der Waals surface area contributed by atoms with E-state index in [0.29, 0.717) is 18.7 Å². The molecule has 0 atom stereocenters. The fourth-order valence-electron chi connectivity index (χ4n) is 2.40. The molecule has 0 fully saturated rings. The smallest absolute Gasteiger partial charge is 0.127 e. The molecular formula is C19H20FN3S. The minimum atomic E-state index is -0.175. The van der Waals surface area contributed by atoms with E-state index in [1.807, 2.05) is 26.4 Å². The van der Waals surface area contributed by atoms with Gasteiger partial charge in [0.05, 0.1) is 4.88 Å². The van der Waals surface area contributed by atoms with Crippen molar-refractivity contribution in [3.8, 4) is 10.4 Å². The van der Waals surface area contributed by atoms with Crippen molar-refractivity contribution in [1.29, 1.82) is 0 Å². The molecular weight excluding hydrogens is 321 g/mol. The van der Waals surface area contributed by atoms with Gasteiger partial charge in [-0.15, -0.1) is 11.3 Å². The van der Waals surface area contributed by atoms with Crippen molar-refractivity contribution in [1.82, 2.24) is 10.3 Å². The number of halogens is 1. The molecule has 0 aliphatic rings. The highest BCUT2D eigenvalue weighted by atomic mass is 32.1. The number of nitrogens with zero attached hydrogens (tertiary/aromatic N) is 2. The minimum Gasteiger partial charge on any atom is -0.378 e. The maximum Gasteiger partial charge on any atom is 0.127 e. The Kier molecular flexibility index (Phi) is 5.23. The van der Waals surface area contributed by atoms with Gasteiger partial charge < -0.3 is 10.2 Å². The van der Waals surface area contributed by atoms with Crippen molar-refractivity contribution < 1.29 is 4.39 Å². The summed E-state index contributed by atoms with van der Waals surface area (Å²) in [4.78, 5) is 7.68. The number of hydrogen-bond donors (Lipinski definition) is 1. The van der Waals surface area contributed by atoms with Crippen LogP contribution in [0.5, 0.6) is 0 Å². The summed E-state index contributed by atoms with van der Waals surface area (Å²) in [5.41, 5.74) is 3.02. The van der Waals surface area contributed by atoms with Crippen LogP contribution in [0.1, 0.15) is 10.6 Å². The van der Waals surface area contributed by atoms with E-state index < -0.39 is 0 Å². The van der Waals surface area contributed by atoms with Gasteiger partial charge in [-0.2, -0.15) is 0 Å². The van der Waals surface area contributed by atoms with Gasteiger partial charge in [0.15, 0.2) is 0 Å². The lowest BCUT2D eigenvalue weighted by Gasteiger charge is -2.12. The second kappa shape index (κ2) is 7.55. The predicted molar refractivity (Wildman–Crippen MR) is 98.8 cm³/mol. The molecule has 0 aliphatic heterocycles. The first-order valence-electron chi connectivity index (χ1n) is 7.80. The van der Waals surface area contributed by atoms with E-state index in [2.05, 4.69) is 39.5 Å². The number of hydrogen-bond acceptors (Lipinski definition) is 4. The van der Waals surface area contributed by atoms with Crippen molar-refractivity contribution in [2.75, 3.05) is 19.0 Å². The van der Waals surface area contributed by atoms with Crippen LogP contribution in [0.4, 0.5) is 10.1 Å². The molecule has 2 aromatic carbocycles. The Labute approximate surface area is 145 Å². The van der Waals surface area contributed by atoms with Gasteiger partial charge in [0, 0.05) is 44.6 Å². The maximum absolute atomic E-state index is 13.6. The number of nitrogens with one attached hydrogen (secondary N) is 1. The highest BCUT2D eigenvalue weighted by Crippen LogP contribution is 2.27. The fraction of sp³-hybridized carbons (Fsp3) is 0.211. The molecule has 3 aromatic rings. The van der Waals surface area contributed by atoms with Crippen molar-refractivity contribution in [3.63, 3.8) is 0 Å². The number of aromatic nitrogens is 1. The zero-order valence-corrected chi connectivity index (χ0v) is 14.6. The van der Waals surface area contributed by atoms with Crippen LogP contribution in [0.3, 0.4) is 0 Å². The summed E-state index contributed by atoms with van der Waals surface area (Å²) in [5, 5.41) is 4.25. The average molecular weight is 341 g/mol. The summed E-state index contributed by atoms with van der Waals surface area (Å²) in [6, 6.07) is 15.2. The maximum atomic E-state index is 13.6. The van der Waals surface area contributed by atoms with Crippen LogP contribution in [0.25, 0.3) is 10.4 Å². The molecule has 1 heterocycles. The Hall–Kier alpha value is -2.24. The lowest BCUT2D eigenvalue weighted by atomic mass is 10.2. The van der Waals surface area contributed by atoms with Crippen LogP contribution in [0.2, 0.25) is 0 Å². The van der Waals surface area contributed by atoms with Gasteiger partial charge in [-0.05, 0) is 23.8 Å². The molecule has 0 bridgehead atoms. The molecule has 1 N–H and O–H groups in total. The highest BCUT2D eigenvalue weighted by Gasteiger charge is 2.06. The number of thiazole rings is 1. The summed E-state index contributed by atoms with van der Waals surface area (Å²) in [6.07, 6.45) is 1.90. The zero-order valence-electron chi connectivity index (χ0n) is 13.8. The van der Waals surface area contributed by atoms with E-state index in [-0.39, 0.29) is 5.82 Å². The van der Waals surface area contributed by atoms with E-state index in [4.69, 9.17) is 0 Å². The monoisotopic (exact) mass is 341 g/mol. The van der Waals surface area contributed by atoms with Crippen LogP contribution < -0.4 is 10.2 Å². The van der Waals surface area contributed by atoms with Gasteiger partial charge in [-0.25, -0.2) is 9.37 Å². The molecule has 24 heavy (non-hydrogen) atoms. The Balaban J connectivity index is 1.60. The van der Waals surface area contributed by atoms with Crippen molar-refractivity contribution in [2.24, 2.45) is 0 Å². The fourth-order valence-corrected chi connectivity index (χ4v) is 3.29. The molecule has 3 nitrogen and oxygen atoms in total. The normalized spacial score (nSPS) is 10.8. The number of anilines is 1. The van der Waals surface area contributed by atoms with E-state index in [9.17, 15) is 4.39 Å². The molecule has 124 valence electrons. The molecule has 0 aliphatic carbocycles. The molecule has 0 saturated heterocycles. The summed E-state index contributed by atoms with van der Waals surface area (Å²) in [7, 11) is 4.06. The van der Waals surface area contributed by atoms with Gasteiger partial charge >= 0.3 is 0 Å². The Morgan fingerprint density at radius 2 is 1.79 bits per heavy atom. The molecule has 0 spiro atoms. The van der Waals surface area contributed by atoms with Crippen molar-refractivity contribution >= 4 is 17.0 Å². The summed E-state index contributed by atoms with van der Waals surface area (Å²) in [6.45, 7) is 1.13. The number of rotatable bonds is 6. The van der Waals surface area contributed by atoms with E-state index in [1.54, 1.807) is 23.5 Å². The Bertz CT molecular complexity index is 796. The van der Waals surface area contributed by atoms with Gasteiger partial charge in [-0.1, -0.05) is 30.3 Å². The lowest BCUT2D eigenvalue weighted by molar-refractivity contribution is 0.587. The van der Waals surface area contributed by atoms with Crippen LogP contribution in [0, 0.1) is 5.82 Å². The third kappa shape index (κ3) is 3.99. The molecule has 0 amide bonds. The third-order valence-electron chi connectivity index (χ3n) is 3.77. The largest absolute Gasteiger partial charge is 0.378 e. The van der Waals surface area contributed by atoms with E-state index in [0.717, 1.165) is 9.88 Å². The predicted octanol–water partition coefficient (Wildman–Crippen LogP) is 4.31. The quantitative estimate of drug-likeness (QED) is 0.724. The van der Waals surface area contributed by atoms with Gasteiger partial charge in [0.25, 0.3) is 0 Å². The first-order valence-corrected chi connectivity index (χ1v) is 8.62. The zero-order chi connectivity index (χ0) is 16.9. The first-order chi connectivity index (χ1) is 11.6. The number of benzene rings is 2. The molecule has 0 radical (unpaired) electrons. The summed E-state index contributed by atoms with van der Waals surface area (Å²) >= 11 is 1.66. The van der Waals surface area contributed by atoms with Crippen LogP contribution in [-0.4, -0.2) is 19.1 Å². The third-order valence-corrected chi connectivity index (χ3v) is 4.82. The minimum absolute atomic E-state index is 0.175. The highest BCUT2D eigenvalue weighted by molar-refractivity contribution is 7.15. The molecule has 5 heteroatoms. The summed E-state index contributed by atoms with van der Waals surface area (Å²) in [5.74, 6) is -0.175. The summed E-state index contributed by atoms with van der Waals surface area (Å²) < 4.78 is 13.6. The molecule has 1 aromatic heterocycles. The molecule has 0 saturated carbocycles. The van der Waals surface area contributed by atoms with Gasteiger partial charge in [0.2, 0.25) is 0 Å². The Morgan fingerprint density at radius 3 is 2.50 bits per heavy atom. The first kappa shape index (κ1) is 16.6. The second-order valence-corrected chi connectivity index (χ2v) is 6.87. The Morgan fingerprint density at radius 1 is 1.04 bits per heavy atom. The standard InChI is InChI=1S/C19H20FN3S/c1-23(2)16-9-7-14(8-10-16)18-12-22-19(24-18)13-21-11-15-5-3-4-6-17(15)20/h3-10,12,21H,11,13H2,1-2H3. The average Bonchev–Trinajstić information content (AvgIpc) is 3.05. The molecule has 3 rings (SSSR count). The van der Waals surface area contributed by atoms with Crippen LogP contribution in [0.15, 0.2) is 54.7 Å². The second-order valence-electron chi connectivity index (χ2n) is 5.75.